The zero-order valence-electron chi connectivity index (χ0n) is 18.4. The SMILES string of the molecule is CON=C(C(=O)N[C@H]1C(=O)N2C(C(=O)O)=C(Cn3ccc(=N)n3CCO)CS[C@H]12)c1csc(N)n1. The zero-order chi connectivity index (χ0) is 25.3. The predicted octanol–water partition coefficient (Wildman–Crippen LogP) is -1.41. The predicted molar refractivity (Wildman–Crippen MR) is 125 cm³/mol. The fourth-order valence-electron chi connectivity index (χ4n) is 3.85. The van der Waals surface area contributed by atoms with E-state index in [9.17, 15) is 24.6 Å². The molecule has 2 aliphatic rings. The van der Waals surface area contributed by atoms with Gasteiger partial charge in [-0.15, -0.1) is 23.1 Å². The molecule has 1 saturated heterocycles. The molecule has 16 heteroatoms. The van der Waals surface area contributed by atoms with E-state index in [-0.39, 0.29) is 53.2 Å². The van der Waals surface area contributed by atoms with Crippen molar-refractivity contribution >= 4 is 51.7 Å². The van der Waals surface area contributed by atoms with E-state index in [0.717, 1.165) is 16.2 Å². The summed E-state index contributed by atoms with van der Waals surface area (Å²) < 4.78 is 3.13. The molecule has 0 saturated carbocycles. The van der Waals surface area contributed by atoms with Crippen LogP contribution < -0.4 is 16.5 Å². The Kier molecular flexibility index (Phi) is 6.95. The van der Waals surface area contributed by atoms with Crippen LogP contribution in [-0.4, -0.2) is 83.8 Å². The highest BCUT2D eigenvalue weighted by atomic mass is 32.2. The van der Waals surface area contributed by atoms with E-state index in [4.69, 9.17) is 16.0 Å². The number of nitrogens with one attached hydrogen (secondary N) is 2. The van der Waals surface area contributed by atoms with Crippen molar-refractivity contribution in [2.24, 2.45) is 5.16 Å². The lowest BCUT2D eigenvalue weighted by Crippen LogP contribution is -2.71. The van der Waals surface area contributed by atoms with Crippen LogP contribution in [0.4, 0.5) is 5.13 Å². The lowest BCUT2D eigenvalue weighted by atomic mass is 10.0. The summed E-state index contributed by atoms with van der Waals surface area (Å²) in [7, 11) is 1.26. The average Bonchev–Trinajstić information content (AvgIpc) is 3.41. The summed E-state index contributed by atoms with van der Waals surface area (Å²) in [5.41, 5.74) is 6.14. The summed E-state index contributed by atoms with van der Waals surface area (Å²) in [5, 5.41) is 34.5. The van der Waals surface area contributed by atoms with E-state index >= 15 is 0 Å². The van der Waals surface area contributed by atoms with Gasteiger partial charge in [0, 0.05) is 17.3 Å². The van der Waals surface area contributed by atoms with Crippen molar-refractivity contribution in [2.45, 2.75) is 24.5 Å². The normalized spacial score (nSPS) is 19.9. The van der Waals surface area contributed by atoms with Gasteiger partial charge in [-0.1, -0.05) is 5.16 Å². The van der Waals surface area contributed by atoms with Crippen LogP contribution in [0, 0.1) is 5.41 Å². The molecule has 186 valence electrons. The first-order chi connectivity index (χ1) is 16.8. The molecular formula is C19H22N8O6S2. The lowest BCUT2D eigenvalue weighted by Gasteiger charge is -2.49. The highest BCUT2D eigenvalue weighted by Crippen LogP contribution is 2.40. The minimum Gasteiger partial charge on any atom is -0.477 e. The molecule has 0 aliphatic carbocycles. The number of nitrogen functional groups attached to an aromatic ring is 1. The molecule has 1 fully saturated rings. The lowest BCUT2D eigenvalue weighted by molar-refractivity contribution is -0.150. The van der Waals surface area contributed by atoms with Crippen molar-refractivity contribution in [1.29, 1.82) is 5.41 Å². The Bertz CT molecular complexity index is 1290. The number of rotatable bonds is 9. The van der Waals surface area contributed by atoms with Gasteiger partial charge >= 0.3 is 5.97 Å². The molecule has 6 N–H and O–H groups in total. The van der Waals surface area contributed by atoms with Crippen LogP contribution in [0.5, 0.6) is 0 Å². The number of aliphatic hydroxyl groups is 1. The number of aromatic nitrogens is 3. The van der Waals surface area contributed by atoms with Gasteiger partial charge in [-0.2, -0.15) is 0 Å². The van der Waals surface area contributed by atoms with Crippen molar-refractivity contribution in [1.82, 2.24) is 24.6 Å². The van der Waals surface area contributed by atoms with Crippen LogP contribution in [0.1, 0.15) is 5.69 Å². The van der Waals surface area contributed by atoms with E-state index in [1.54, 1.807) is 10.9 Å². The molecule has 4 heterocycles. The van der Waals surface area contributed by atoms with Crippen LogP contribution in [0.2, 0.25) is 0 Å². The molecule has 14 nitrogen and oxygen atoms in total. The molecule has 0 unspecified atom stereocenters. The van der Waals surface area contributed by atoms with Crippen molar-refractivity contribution in [3.05, 3.63) is 40.1 Å². The van der Waals surface area contributed by atoms with Gasteiger partial charge in [0.25, 0.3) is 11.8 Å². The first-order valence-corrected chi connectivity index (χ1v) is 12.1. The minimum atomic E-state index is -1.27. The number of nitrogens with two attached hydrogens (primary N) is 1. The van der Waals surface area contributed by atoms with Gasteiger partial charge in [0.2, 0.25) is 0 Å². The quantitative estimate of drug-likeness (QED) is 0.149. The van der Waals surface area contributed by atoms with E-state index in [0.29, 0.717) is 5.57 Å². The molecule has 4 rings (SSSR count). The second kappa shape index (κ2) is 9.93. The third-order valence-electron chi connectivity index (χ3n) is 5.36. The summed E-state index contributed by atoms with van der Waals surface area (Å²) in [6, 6.07) is 0.567. The molecular weight excluding hydrogens is 500 g/mol. The Balaban J connectivity index is 1.55. The fourth-order valence-corrected chi connectivity index (χ4v) is 5.73. The number of oxime groups is 1. The van der Waals surface area contributed by atoms with Gasteiger partial charge in [-0.25, -0.2) is 9.78 Å². The Hall–Kier alpha value is -3.63. The van der Waals surface area contributed by atoms with Crippen LogP contribution >= 0.6 is 23.1 Å². The number of β-lactam (4-membered cyclic amide) rings is 1. The van der Waals surface area contributed by atoms with Crippen molar-refractivity contribution < 1.29 is 29.4 Å². The molecule has 0 radical (unpaired) electrons. The van der Waals surface area contributed by atoms with Crippen LogP contribution in [0.3, 0.4) is 0 Å². The first kappa shape index (κ1) is 24.5. The maximum atomic E-state index is 13.0. The molecule has 35 heavy (non-hydrogen) atoms. The van der Waals surface area contributed by atoms with E-state index in [1.165, 1.54) is 35.0 Å². The van der Waals surface area contributed by atoms with Gasteiger partial charge in [0.05, 0.1) is 19.7 Å². The number of amides is 2. The molecule has 2 amide bonds. The summed E-state index contributed by atoms with van der Waals surface area (Å²) in [5.74, 6) is -2.26. The summed E-state index contributed by atoms with van der Waals surface area (Å²) in [4.78, 5) is 47.8. The second-order valence-electron chi connectivity index (χ2n) is 7.46. The number of fused-ring (bicyclic) bond motifs is 1. The molecule has 2 aromatic heterocycles. The number of anilines is 1. The minimum absolute atomic E-state index is 0.122. The number of aliphatic hydroxyl groups excluding tert-OH is 1. The number of thioether (sulfide) groups is 1. The number of carboxylic acids is 1. The number of aliphatic carboxylic acids is 1. The number of carbonyl (C=O) groups excluding carboxylic acids is 2. The Morgan fingerprint density at radius 3 is 2.86 bits per heavy atom. The van der Waals surface area contributed by atoms with Crippen molar-refractivity contribution in [2.75, 3.05) is 25.2 Å². The Morgan fingerprint density at radius 2 is 2.23 bits per heavy atom. The zero-order valence-corrected chi connectivity index (χ0v) is 20.0. The molecule has 0 aromatic carbocycles. The average molecular weight is 523 g/mol. The topological polar surface area (TPSA) is 201 Å². The summed E-state index contributed by atoms with van der Waals surface area (Å²) >= 11 is 2.43. The molecule has 2 aliphatic heterocycles. The van der Waals surface area contributed by atoms with Gasteiger partial charge in [-0.05, 0) is 11.6 Å². The Morgan fingerprint density at radius 1 is 1.46 bits per heavy atom. The van der Waals surface area contributed by atoms with E-state index in [2.05, 4.69) is 15.5 Å². The van der Waals surface area contributed by atoms with Gasteiger partial charge < -0.3 is 26.1 Å². The van der Waals surface area contributed by atoms with E-state index < -0.39 is 29.2 Å². The molecule has 2 atom stereocenters. The third-order valence-corrected chi connectivity index (χ3v) is 7.37. The second-order valence-corrected chi connectivity index (χ2v) is 9.45. The number of hydrogen-bond donors (Lipinski definition) is 5. The van der Waals surface area contributed by atoms with Gasteiger partial charge in [-0.3, -0.25) is 29.3 Å². The first-order valence-electron chi connectivity index (χ1n) is 10.2. The molecule has 2 aromatic rings. The number of nitrogens with zero attached hydrogens (tertiary/aromatic N) is 5. The van der Waals surface area contributed by atoms with Crippen molar-refractivity contribution in [3.63, 3.8) is 0 Å². The standard InChI is InChI=1S/C19H22N8O6S2/c1-33-24-12(10-8-35-19(21)22-10)15(29)23-13-16(30)27-14(18(31)32)9(7-34-17(13)27)6-25-3-2-11(20)26(25)4-5-28/h2-3,8,13,17,20,28H,4-7H2,1H3,(H2,21,22)(H,23,29)(H,31,32)/t13-,17+/m0/s1. The largest absolute Gasteiger partial charge is 0.477 e. The molecule has 0 spiro atoms. The maximum Gasteiger partial charge on any atom is 0.352 e. The van der Waals surface area contributed by atoms with Gasteiger partial charge in [0.1, 0.15) is 35.4 Å². The van der Waals surface area contributed by atoms with E-state index in [1.807, 2.05) is 0 Å². The highest BCUT2D eigenvalue weighted by Gasteiger charge is 2.54. The number of carboxylic acid groups (broad SMARTS) is 1. The number of thiazole rings is 1. The van der Waals surface area contributed by atoms with Gasteiger partial charge in [0.15, 0.2) is 10.8 Å². The van der Waals surface area contributed by atoms with Crippen LogP contribution in [-0.2, 0) is 32.3 Å². The van der Waals surface area contributed by atoms with Crippen LogP contribution in [0.25, 0.3) is 0 Å². The van der Waals surface area contributed by atoms with Crippen molar-refractivity contribution in [3.8, 4) is 0 Å². The highest BCUT2D eigenvalue weighted by molar-refractivity contribution is 8.00. The summed E-state index contributed by atoms with van der Waals surface area (Å²) in [6.07, 6.45) is 1.62. The van der Waals surface area contributed by atoms with Crippen LogP contribution in [0.15, 0.2) is 34.1 Å². The third kappa shape index (κ3) is 4.54. The number of carbonyl (C=O) groups is 3. The molecule has 0 bridgehead atoms. The fraction of sp³-hybridized carbons (Fsp3) is 0.368. The summed E-state index contributed by atoms with van der Waals surface area (Å²) in [6.45, 7) is 0.108. The monoisotopic (exact) mass is 522 g/mol. The maximum absolute atomic E-state index is 13.0. The Labute approximate surface area is 206 Å². The number of hydrogen-bond acceptors (Lipinski definition) is 11. The smallest absolute Gasteiger partial charge is 0.352 e.